The lowest BCUT2D eigenvalue weighted by Crippen LogP contribution is -2.29. The molecule has 0 unspecified atom stereocenters. The fourth-order valence-corrected chi connectivity index (χ4v) is 3.65. The lowest BCUT2D eigenvalue weighted by molar-refractivity contribution is -0.162. The van der Waals surface area contributed by atoms with Crippen LogP contribution >= 0.6 is 0 Å². The Balaban J connectivity index is 1.98. The molecule has 12 heteroatoms. The molecule has 0 atom stereocenters. The van der Waals surface area contributed by atoms with Gasteiger partial charge in [-0.25, -0.2) is 0 Å². The standard InChI is InChI=1S/C24H38O11S/c1-4-33-23(25)22(24(26)34-5-2)10-11-29-12-13-30-14-15-31-16-17-32-18-19-35-36(27,28)21-8-6-20(3)7-9-21/h6-9,22H,4-5,10-19H2,1-3H3. The van der Waals surface area contributed by atoms with Crippen molar-refractivity contribution in [1.29, 1.82) is 0 Å². The van der Waals surface area contributed by atoms with Crippen LogP contribution in [0, 0.1) is 12.8 Å². The Bertz CT molecular complexity index is 822. The van der Waals surface area contributed by atoms with E-state index in [9.17, 15) is 18.0 Å². The molecule has 0 aliphatic rings. The number of ether oxygens (including phenoxy) is 6. The molecule has 1 rings (SSSR count). The van der Waals surface area contributed by atoms with E-state index in [4.69, 9.17) is 32.6 Å². The first-order chi connectivity index (χ1) is 17.3. The second kappa shape index (κ2) is 19.1. The number of hydrogen-bond donors (Lipinski definition) is 0. The molecule has 0 spiro atoms. The summed E-state index contributed by atoms with van der Waals surface area (Å²) < 4.78 is 60.3. The van der Waals surface area contributed by atoms with Gasteiger partial charge in [-0.2, -0.15) is 8.42 Å². The Kier molecular flexibility index (Phi) is 16.9. The van der Waals surface area contributed by atoms with E-state index in [0.29, 0.717) is 39.6 Å². The number of carbonyl (C=O) groups excluding carboxylic acids is 2. The van der Waals surface area contributed by atoms with Crippen molar-refractivity contribution in [1.82, 2.24) is 0 Å². The molecule has 0 saturated carbocycles. The van der Waals surface area contributed by atoms with Crippen molar-refractivity contribution in [3.8, 4) is 0 Å². The maximum Gasteiger partial charge on any atom is 0.320 e. The number of hydrogen-bond acceptors (Lipinski definition) is 11. The van der Waals surface area contributed by atoms with Gasteiger partial charge in [-0.1, -0.05) is 17.7 Å². The van der Waals surface area contributed by atoms with Crippen molar-refractivity contribution < 1.29 is 50.6 Å². The molecule has 0 bridgehead atoms. The highest BCUT2D eigenvalue weighted by atomic mass is 32.2. The molecule has 0 aliphatic heterocycles. The number of esters is 2. The van der Waals surface area contributed by atoms with Crippen molar-refractivity contribution in [3.05, 3.63) is 29.8 Å². The molecule has 36 heavy (non-hydrogen) atoms. The Labute approximate surface area is 213 Å². The zero-order chi connectivity index (χ0) is 26.7. The Morgan fingerprint density at radius 1 is 0.694 bits per heavy atom. The lowest BCUT2D eigenvalue weighted by atomic mass is 10.1. The highest BCUT2D eigenvalue weighted by Gasteiger charge is 2.29. The predicted molar refractivity (Wildman–Crippen MR) is 129 cm³/mol. The van der Waals surface area contributed by atoms with Crippen LogP contribution in [0.15, 0.2) is 29.2 Å². The summed E-state index contributed by atoms with van der Waals surface area (Å²) in [5.41, 5.74) is 0.962. The van der Waals surface area contributed by atoms with E-state index in [-0.39, 0.29) is 44.4 Å². The van der Waals surface area contributed by atoms with E-state index < -0.39 is 28.0 Å². The molecule has 11 nitrogen and oxygen atoms in total. The van der Waals surface area contributed by atoms with Crippen LogP contribution in [0.1, 0.15) is 25.8 Å². The largest absolute Gasteiger partial charge is 0.465 e. The quantitative estimate of drug-likeness (QED) is 0.0991. The summed E-state index contributed by atoms with van der Waals surface area (Å²) in [6.45, 7) is 7.77. The minimum atomic E-state index is -3.79. The number of benzene rings is 1. The van der Waals surface area contributed by atoms with Crippen molar-refractivity contribution in [3.63, 3.8) is 0 Å². The Hall–Kier alpha value is -2.09. The van der Waals surface area contributed by atoms with E-state index in [2.05, 4.69) is 0 Å². The van der Waals surface area contributed by atoms with Crippen molar-refractivity contribution in [2.45, 2.75) is 32.1 Å². The number of carbonyl (C=O) groups is 2. The monoisotopic (exact) mass is 534 g/mol. The SMILES string of the molecule is CCOC(=O)C(CCOCCOCCOCCOCCOS(=O)(=O)c1ccc(C)cc1)C(=O)OCC. The molecule has 0 fully saturated rings. The van der Waals surface area contributed by atoms with Gasteiger partial charge in [0, 0.05) is 6.61 Å². The summed E-state index contributed by atoms with van der Waals surface area (Å²) in [5, 5.41) is 0. The highest BCUT2D eigenvalue weighted by Crippen LogP contribution is 2.13. The first-order valence-electron chi connectivity index (χ1n) is 11.9. The average molecular weight is 535 g/mol. The minimum Gasteiger partial charge on any atom is -0.465 e. The average Bonchev–Trinajstić information content (AvgIpc) is 2.84. The maximum atomic E-state index is 12.0. The van der Waals surface area contributed by atoms with Gasteiger partial charge < -0.3 is 28.4 Å². The number of aryl methyl sites for hydroxylation is 1. The topological polar surface area (TPSA) is 133 Å². The van der Waals surface area contributed by atoms with Crippen molar-refractivity contribution in [2.24, 2.45) is 5.92 Å². The zero-order valence-corrected chi connectivity index (χ0v) is 22.1. The summed E-state index contributed by atoms with van der Waals surface area (Å²) in [5.74, 6) is -2.22. The van der Waals surface area contributed by atoms with E-state index in [1.807, 2.05) is 6.92 Å². The Morgan fingerprint density at radius 2 is 1.11 bits per heavy atom. The van der Waals surface area contributed by atoms with E-state index in [0.717, 1.165) is 5.56 Å². The summed E-state index contributed by atoms with van der Waals surface area (Å²) in [7, 11) is -3.79. The first-order valence-corrected chi connectivity index (χ1v) is 13.3. The van der Waals surface area contributed by atoms with Crippen LogP contribution in [0.3, 0.4) is 0 Å². The van der Waals surface area contributed by atoms with Crippen molar-refractivity contribution >= 4 is 22.1 Å². The second-order valence-corrected chi connectivity index (χ2v) is 9.00. The third kappa shape index (κ3) is 13.9. The molecular weight excluding hydrogens is 496 g/mol. The molecular formula is C24H38O11S. The number of rotatable bonds is 21. The van der Waals surface area contributed by atoms with Gasteiger partial charge in [0.15, 0.2) is 5.92 Å². The first kappa shape index (κ1) is 31.9. The van der Waals surface area contributed by atoms with Crippen LogP contribution in [0.4, 0.5) is 0 Å². The van der Waals surface area contributed by atoms with Gasteiger partial charge in [0.05, 0.1) is 71.0 Å². The van der Waals surface area contributed by atoms with Gasteiger partial charge >= 0.3 is 11.9 Å². The molecule has 0 amide bonds. The van der Waals surface area contributed by atoms with E-state index >= 15 is 0 Å². The molecule has 0 heterocycles. The smallest absolute Gasteiger partial charge is 0.320 e. The van der Waals surface area contributed by atoms with Crippen molar-refractivity contribution in [2.75, 3.05) is 72.7 Å². The molecule has 0 radical (unpaired) electrons. The summed E-state index contributed by atoms with van der Waals surface area (Å²) in [6.07, 6.45) is 0.170. The van der Waals surface area contributed by atoms with Crippen LogP contribution in [0.2, 0.25) is 0 Å². The van der Waals surface area contributed by atoms with Crippen LogP contribution in [-0.2, 0) is 52.3 Å². The fraction of sp³-hybridized carbons (Fsp3) is 0.667. The molecule has 0 aromatic heterocycles. The normalized spacial score (nSPS) is 11.6. The molecule has 206 valence electrons. The zero-order valence-electron chi connectivity index (χ0n) is 21.3. The molecule has 0 N–H and O–H groups in total. The van der Waals surface area contributed by atoms with Crippen LogP contribution in [0.25, 0.3) is 0 Å². The summed E-state index contributed by atoms with van der Waals surface area (Å²) in [6, 6.07) is 6.42. The van der Waals surface area contributed by atoms with Gasteiger partial charge in [0.1, 0.15) is 0 Å². The third-order valence-corrected chi connectivity index (χ3v) is 5.91. The minimum absolute atomic E-state index is 0.0837. The van der Waals surface area contributed by atoms with Gasteiger partial charge in [0.25, 0.3) is 10.1 Å². The molecule has 0 saturated heterocycles. The van der Waals surface area contributed by atoms with Gasteiger partial charge in [-0.15, -0.1) is 0 Å². The van der Waals surface area contributed by atoms with Gasteiger partial charge in [-0.3, -0.25) is 13.8 Å². The third-order valence-electron chi connectivity index (χ3n) is 4.58. The lowest BCUT2D eigenvalue weighted by Gasteiger charge is -2.14. The fourth-order valence-electron chi connectivity index (χ4n) is 2.76. The van der Waals surface area contributed by atoms with E-state index in [1.165, 1.54) is 12.1 Å². The Morgan fingerprint density at radius 3 is 1.56 bits per heavy atom. The second-order valence-electron chi connectivity index (χ2n) is 7.38. The summed E-state index contributed by atoms with van der Waals surface area (Å²) >= 11 is 0. The molecule has 0 aliphatic carbocycles. The maximum absolute atomic E-state index is 12.0. The highest BCUT2D eigenvalue weighted by molar-refractivity contribution is 7.86. The molecule has 1 aromatic carbocycles. The van der Waals surface area contributed by atoms with Crippen LogP contribution in [-0.4, -0.2) is 93.0 Å². The van der Waals surface area contributed by atoms with Crippen LogP contribution in [0.5, 0.6) is 0 Å². The predicted octanol–water partition coefficient (Wildman–Crippen LogP) is 1.90. The molecule has 1 aromatic rings. The van der Waals surface area contributed by atoms with E-state index in [1.54, 1.807) is 26.0 Å². The van der Waals surface area contributed by atoms with Gasteiger partial charge in [0.2, 0.25) is 0 Å². The van der Waals surface area contributed by atoms with Crippen LogP contribution < -0.4 is 0 Å². The van der Waals surface area contributed by atoms with Gasteiger partial charge in [-0.05, 0) is 39.3 Å². The summed E-state index contributed by atoms with van der Waals surface area (Å²) in [4.78, 5) is 23.9.